The Labute approximate surface area is 170 Å². The Morgan fingerprint density at radius 3 is 2.39 bits per heavy atom. The summed E-state index contributed by atoms with van der Waals surface area (Å²) in [6.07, 6.45) is 13.7. The summed E-state index contributed by atoms with van der Waals surface area (Å²) in [5, 5.41) is 2.39. The molecule has 0 bridgehead atoms. The summed E-state index contributed by atoms with van der Waals surface area (Å²) in [6.45, 7) is 4.28. The lowest BCUT2D eigenvalue weighted by molar-refractivity contribution is -0.134. The van der Waals surface area contributed by atoms with Crippen molar-refractivity contribution in [2.24, 2.45) is 5.92 Å². The van der Waals surface area contributed by atoms with E-state index in [0.717, 1.165) is 17.7 Å². The van der Waals surface area contributed by atoms with Gasteiger partial charge in [-0.2, -0.15) is 0 Å². The average molecular weight is 381 g/mol. The number of hydrogen-bond donors (Lipinski definition) is 0. The minimum atomic E-state index is -0.148. The summed E-state index contributed by atoms with van der Waals surface area (Å²) >= 11 is 0. The van der Waals surface area contributed by atoms with Crippen molar-refractivity contribution in [3.8, 4) is 5.75 Å². The molecule has 2 nitrogen and oxygen atoms in total. The molecule has 0 aromatic heterocycles. The van der Waals surface area contributed by atoms with E-state index in [1.54, 1.807) is 0 Å². The van der Waals surface area contributed by atoms with Gasteiger partial charge in [-0.15, -0.1) is 0 Å². The highest BCUT2D eigenvalue weighted by Gasteiger charge is 2.22. The zero-order chi connectivity index (χ0) is 19.8. The van der Waals surface area contributed by atoms with Crippen LogP contribution in [-0.4, -0.2) is 5.97 Å². The van der Waals surface area contributed by atoms with Gasteiger partial charge in [-0.05, 0) is 72.4 Å². The molecule has 2 heteroatoms. The SMILES string of the molecule is CCCCCCC1CCC(c2ccc3cc(OC(=O)CCC)ccc3c2)CC1. The molecule has 0 radical (unpaired) electrons. The molecule has 0 saturated heterocycles. The van der Waals surface area contributed by atoms with Gasteiger partial charge in [0.05, 0.1) is 0 Å². The van der Waals surface area contributed by atoms with Crippen LogP contribution in [0.25, 0.3) is 10.8 Å². The van der Waals surface area contributed by atoms with Crippen molar-refractivity contribution >= 4 is 16.7 Å². The molecule has 0 amide bonds. The van der Waals surface area contributed by atoms with Crippen LogP contribution >= 0.6 is 0 Å². The van der Waals surface area contributed by atoms with Crippen molar-refractivity contribution in [3.05, 3.63) is 42.0 Å². The van der Waals surface area contributed by atoms with Crippen LogP contribution < -0.4 is 4.74 Å². The third-order valence-corrected chi connectivity index (χ3v) is 6.31. The molecule has 1 aliphatic rings. The Balaban J connectivity index is 1.56. The number of fused-ring (bicyclic) bond motifs is 1. The van der Waals surface area contributed by atoms with E-state index in [0.29, 0.717) is 18.1 Å². The predicted molar refractivity (Wildman–Crippen MR) is 118 cm³/mol. The normalized spacial score (nSPS) is 19.6. The van der Waals surface area contributed by atoms with E-state index in [4.69, 9.17) is 4.74 Å². The first-order valence-electron chi connectivity index (χ1n) is 11.4. The minimum absolute atomic E-state index is 0.148. The van der Waals surface area contributed by atoms with Crippen molar-refractivity contribution in [2.45, 2.75) is 90.4 Å². The lowest BCUT2D eigenvalue weighted by Crippen LogP contribution is -2.13. The number of carbonyl (C=O) groups excluding carboxylic acids is 1. The molecule has 2 aromatic carbocycles. The fourth-order valence-electron chi connectivity index (χ4n) is 4.59. The topological polar surface area (TPSA) is 26.3 Å². The highest BCUT2D eigenvalue weighted by molar-refractivity contribution is 5.85. The van der Waals surface area contributed by atoms with Crippen molar-refractivity contribution in [1.29, 1.82) is 0 Å². The molecule has 2 aromatic rings. The molecule has 0 heterocycles. The van der Waals surface area contributed by atoms with Gasteiger partial charge in [0.2, 0.25) is 0 Å². The second-order valence-corrected chi connectivity index (χ2v) is 8.56. The fraction of sp³-hybridized carbons (Fsp3) is 0.577. The van der Waals surface area contributed by atoms with Crippen LogP contribution in [0, 0.1) is 5.92 Å². The van der Waals surface area contributed by atoms with Crippen LogP contribution in [0.15, 0.2) is 36.4 Å². The first-order valence-corrected chi connectivity index (χ1v) is 11.4. The summed E-state index contributed by atoms with van der Waals surface area (Å²) in [4.78, 5) is 11.7. The van der Waals surface area contributed by atoms with Gasteiger partial charge in [0.15, 0.2) is 0 Å². The summed E-state index contributed by atoms with van der Waals surface area (Å²) < 4.78 is 5.43. The summed E-state index contributed by atoms with van der Waals surface area (Å²) in [5.74, 6) is 2.17. The van der Waals surface area contributed by atoms with Crippen LogP contribution in [0.1, 0.15) is 96.0 Å². The molecule has 0 aliphatic heterocycles. The Hall–Kier alpha value is -1.83. The maximum Gasteiger partial charge on any atom is 0.311 e. The van der Waals surface area contributed by atoms with Gasteiger partial charge >= 0.3 is 5.97 Å². The number of esters is 1. The van der Waals surface area contributed by atoms with Gasteiger partial charge in [0.25, 0.3) is 0 Å². The lowest BCUT2D eigenvalue weighted by Gasteiger charge is -2.29. The zero-order valence-electron chi connectivity index (χ0n) is 17.7. The molecule has 3 rings (SSSR count). The molecule has 0 N–H and O–H groups in total. The molecule has 152 valence electrons. The van der Waals surface area contributed by atoms with Crippen molar-refractivity contribution in [3.63, 3.8) is 0 Å². The maximum atomic E-state index is 11.7. The Morgan fingerprint density at radius 1 is 0.893 bits per heavy atom. The standard InChI is InChI=1S/C26H36O2/c1-3-5-6-7-9-20-10-12-21(13-11-20)22-14-15-24-19-25(17-16-23(24)18-22)28-26(27)8-4-2/h14-21H,3-13H2,1-2H3. The van der Waals surface area contributed by atoms with Crippen LogP contribution in [-0.2, 0) is 4.79 Å². The Kier molecular flexibility index (Phi) is 7.94. The molecule has 28 heavy (non-hydrogen) atoms. The molecule has 0 spiro atoms. The van der Waals surface area contributed by atoms with Crippen molar-refractivity contribution in [2.75, 3.05) is 0 Å². The number of benzene rings is 2. The van der Waals surface area contributed by atoms with Gasteiger partial charge in [-0.1, -0.05) is 70.2 Å². The predicted octanol–water partition coefficient (Wildman–Crippen LogP) is 7.79. The number of ether oxygens (including phenoxy) is 1. The molecule has 1 saturated carbocycles. The third-order valence-electron chi connectivity index (χ3n) is 6.31. The third kappa shape index (κ3) is 5.83. The first-order chi connectivity index (χ1) is 13.7. The van der Waals surface area contributed by atoms with E-state index in [9.17, 15) is 4.79 Å². The Morgan fingerprint density at radius 2 is 1.64 bits per heavy atom. The summed E-state index contributed by atoms with van der Waals surface area (Å²) in [6, 6.07) is 12.8. The van der Waals surface area contributed by atoms with Gasteiger partial charge < -0.3 is 4.74 Å². The van der Waals surface area contributed by atoms with E-state index in [2.05, 4.69) is 31.2 Å². The van der Waals surface area contributed by atoms with Gasteiger partial charge in [-0.25, -0.2) is 0 Å². The van der Waals surface area contributed by atoms with E-state index < -0.39 is 0 Å². The zero-order valence-corrected chi connectivity index (χ0v) is 17.7. The quantitative estimate of drug-likeness (QED) is 0.252. The molecule has 0 unspecified atom stereocenters. The summed E-state index contributed by atoms with van der Waals surface area (Å²) in [7, 11) is 0. The summed E-state index contributed by atoms with van der Waals surface area (Å²) in [5.41, 5.74) is 1.48. The number of carbonyl (C=O) groups is 1. The molecule has 1 fully saturated rings. The van der Waals surface area contributed by atoms with E-state index in [1.165, 1.54) is 68.7 Å². The van der Waals surface area contributed by atoms with E-state index in [1.807, 2.05) is 19.1 Å². The number of hydrogen-bond acceptors (Lipinski definition) is 2. The number of rotatable bonds is 9. The monoisotopic (exact) mass is 380 g/mol. The van der Waals surface area contributed by atoms with E-state index in [-0.39, 0.29) is 5.97 Å². The highest BCUT2D eigenvalue weighted by Crippen LogP contribution is 2.38. The molecule has 1 aliphatic carbocycles. The average Bonchev–Trinajstić information content (AvgIpc) is 2.71. The van der Waals surface area contributed by atoms with Gasteiger partial charge in [0, 0.05) is 6.42 Å². The van der Waals surface area contributed by atoms with Crippen LogP contribution in [0.4, 0.5) is 0 Å². The first kappa shape index (κ1) is 20.9. The molecular formula is C26H36O2. The van der Waals surface area contributed by atoms with Crippen LogP contribution in [0.5, 0.6) is 5.75 Å². The highest BCUT2D eigenvalue weighted by atomic mass is 16.5. The van der Waals surface area contributed by atoms with Crippen molar-refractivity contribution < 1.29 is 9.53 Å². The molecular weight excluding hydrogens is 344 g/mol. The smallest absolute Gasteiger partial charge is 0.311 e. The van der Waals surface area contributed by atoms with Gasteiger partial charge in [0.1, 0.15) is 5.75 Å². The largest absolute Gasteiger partial charge is 0.427 e. The van der Waals surface area contributed by atoms with Crippen LogP contribution in [0.2, 0.25) is 0 Å². The second kappa shape index (κ2) is 10.6. The molecule has 0 atom stereocenters. The lowest BCUT2D eigenvalue weighted by atomic mass is 9.77. The van der Waals surface area contributed by atoms with Crippen LogP contribution in [0.3, 0.4) is 0 Å². The Bertz CT molecular complexity index is 756. The second-order valence-electron chi connectivity index (χ2n) is 8.56. The number of unbranched alkanes of at least 4 members (excludes halogenated alkanes) is 3. The van der Waals surface area contributed by atoms with Crippen molar-refractivity contribution in [1.82, 2.24) is 0 Å². The van der Waals surface area contributed by atoms with E-state index >= 15 is 0 Å². The minimum Gasteiger partial charge on any atom is -0.427 e. The maximum absolute atomic E-state index is 11.7. The fourth-order valence-corrected chi connectivity index (χ4v) is 4.59. The van der Waals surface area contributed by atoms with Gasteiger partial charge in [-0.3, -0.25) is 4.79 Å².